The van der Waals surface area contributed by atoms with Crippen LogP contribution >= 0.6 is 0 Å². The van der Waals surface area contributed by atoms with Crippen molar-refractivity contribution in [1.29, 1.82) is 0 Å². The number of rotatable bonds is 5. The maximum absolute atomic E-state index is 11.9. The zero-order valence-corrected chi connectivity index (χ0v) is 14.5. The van der Waals surface area contributed by atoms with Crippen LogP contribution in [0.5, 0.6) is 0 Å². The lowest BCUT2D eigenvalue weighted by Crippen LogP contribution is -2.37. The van der Waals surface area contributed by atoms with Crippen molar-refractivity contribution in [2.75, 3.05) is 24.6 Å². The van der Waals surface area contributed by atoms with Gasteiger partial charge in [-0.05, 0) is 19.8 Å². The lowest BCUT2D eigenvalue weighted by atomic mass is 9.97. The normalized spacial score (nSPS) is 14.9. The summed E-state index contributed by atoms with van der Waals surface area (Å²) in [6.45, 7) is 3.16. The average molecular weight is 356 g/mol. The summed E-state index contributed by atoms with van der Waals surface area (Å²) in [4.78, 5) is 33.3. The van der Waals surface area contributed by atoms with Crippen molar-refractivity contribution in [3.63, 3.8) is 0 Å². The van der Waals surface area contributed by atoms with E-state index >= 15 is 0 Å². The zero-order valence-electron chi connectivity index (χ0n) is 14.5. The maximum Gasteiger partial charge on any atom is 0.337 e. The van der Waals surface area contributed by atoms with Crippen LogP contribution in [0, 0.1) is 16.0 Å². The minimum absolute atomic E-state index is 0.103. The van der Waals surface area contributed by atoms with Gasteiger partial charge in [-0.1, -0.05) is 30.3 Å². The Bertz CT molecular complexity index is 789. The molecule has 0 bridgehead atoms. The monoisotopic (exact) mass is 356 g/mol. The molecule has 1 fully saturated rings. The lowest BCUT2D eigenvalue weighted by Gasteiger charge is -2.31. The molecule has 26 heavy (non-hydrogen) atoms. The van der Waals surface area contributed by atoms with E-state index in [9.17, 15) is 14.9 Å². The highest BCUT2D eigenvalue weighted by Crippen LogP contribution is 2.36. The minimum Gasteiger partial charge on any atom is -0.466 e. The van der Waals surface area contributed by atoms with Crippen LogP contribution in [0.25, 0.3) is 11.3 Å². The Morgan fingerprint density at radius 2 is 1.96 bits per heavy atom. The molecule has 0 saturated carbocycles. The quantitative estimate of drug-likeness (QED) is 0.461. The van der Waals surface area contributed by atoms with Crippen molar-refractivity contribution < 1.29 is 14.5 Å². The Morgan fingerprint density at radius 1 is 1.27 bits per heavy atom. The van der Waals surface area contributed by atoms with Crippen molar-refractivity contribution >= 4 is 17.5 Å². The molecule has 0 atom stereocenters. The van der Waals surface area contributed by atoms with E-state index in [0.717, 1.165) is 0 Å². The summed E-state index contributed by atoms with van der Waals surface area (Å²) < 4.78 is 5.07. The van der Waals surface area contributed by atoms with Gasteiger partial charge < -0.3 is 9.64 Å². The van der Waals surface area contributed by atoms with E-state index in [0.29, 0.717) is 49.6 Å². The van der Waals surface area contributed by atoms with Crippen molar-refractivity contribution in [3.05, 3.63) is 46.8 Å². The summed E-state index contributed by atoms with van der Waals surface area (Å²) in [6.07, 6.45) is 2.52. The van der Waals surface area contributed by atoms with Crippen LogP contribution in [0.3, 0.4) is 0 Å². The van der Waals surface area contributed by atoms with Gasteiger partial charge in [-0.25, -0.2) is 9.97 Å². The first-order chi connectivity index (χ1) is 12.6. The summed E-state index contributed by atoms with van der Waals surface area (Å²) in [5, 5.41) is 11.7. The van der Waals surface area contributed by atoms with Gasteiger partial charge in [-0.3, -0.25) is 14.9 Å². The number of piperidine rings is 1. The molecule has 0 radical (unpaired) electrons. The van der Waals surface area contributed by atoms with E-state index in [1.807, 2.05) is 23.1 Å². The number of ether oxygens (including phenoxy) is 1. The Kier molecular flexibility index (Phi) is 5.40. The number of nitro groups is 1. The fourth-order valence-electron chi connectivity index (χ4n) is 3.16. The smallest absolute Gasteiger partial charge is 0.337 e. The van der Waals surface area contributed by atoms with E-state index in [2.05, 4.69) is 9.97 Å². The number of anilines is 1. The van der Waals surface area contributed by atoms with E-state index in [1.54, 1.807) is 19.1 Å². The Morgan fingerprint density at radius 3 is 2.58 bits per heavy atom. The van der Waals surface area contributed by atoms with Crippen molar-refractivity contribution in [1.82, 2.24) is 9.97 Å². The van der Waals surface area contributed by atoms with Gasteiger partial charge in [0.1, 0.15) is 6.33 Å². The van der Waals surface area contributed by atoms with Crippen LogP contribution in [0.4, 0.5) is 11.5 Å². The van der Waals surface area contributed by atoms with Gasteiger partial charge in [0.2, 0.25) is 5.82 Å². The predicted octanol–water partition coefficient (Wildman–Crippen LogP) is 2.83. The van der Waals surface area contributed by atoms with Gasteiger partial charge in [-0.15, -0.1) is 0 Å². The third kappa shape index (κ3) is 3.63. The highest BCUT2D eigenvalue weighted by atomic mass is 16.6. The Labute approximate surface area is 151 Å². The molecule has 1 aromatic carbocycles. The molecule has 0 amide bonds. The van der Waals surface area contributed by atoms with Crippen LogP contribution < -0.4 is 4.90 Å². The first kappa shape index (κ1) is 17.8. The number of benzene rings is 1. The number of hydrogen-bond donors (Lipinski definition) is 0. The van der Waals surface area contributed by atoms with Crippen molar-refractivity contribution in [3.8, 4) is 11.3 Å². The third-order valence-corrected chi connectivity index (χ3v) is 4.45. The predicted molar refractivity (Wildman–Crippen MR) is 95.7 cm³/mol. The first-order valence-electron chi connectivity index (χ1n) is 8.58. The van der Waals surface area contributed by atoms with Crippen LogP contribution in [-0.2, 0) is 9.53 Å². The molecule has 1 aliphatic rings. The molecule has 136 valence electrons. The molecule has 8 heteroatoms. The largest absolute Gasteiger partial charge is 0.466 e. The summed E-state index contributed by atoms with van der Waals surface area (Å²) in [6, 6.07) is 9.03. The Balaban J connectivity index is 1.87. The molecule has 3 rings (SSSR count). The third-order valence-electron chi connectivity index (χ3n) is 4.45. The van der Waals surface area contributed by atoms with E-state index in [4.69, 9.17) is 4.74 Å². The highest BCUT2D eigenvalue weighted by molar-refractivity contribution is 5.77. The fourth-order valence-corrected chi connectivity index (χ4v) is 3.16. The first-order valence-corrected chi connectivity index (χ1v) is 8.58. The molecule has 0 aliphatic carbocycles. The average Bonchev–Trinajstić information content (AvgIpc) is 2.68. The van der Waals surface area contributed by atoms with Crippen molar-refractivity contribution in [2.45, 2.75) is 19.8 Å². The van der Waals surface area contributed by atoms with Gasteiger partial charge in [0.05, 0.1) is 17.4 Å². The summed E-state index contributed by atoms with van der Waals surface area (Å²) in [7, 11) is 0. The maximum atomic E-state index is 11.9. The van der Waals surface area contributed by atoms with Gasteiger partial charge in [0.25, 0.3) is 0 Å². The minimum atomic E-state index is -0.435. The van der Waals surface area contributed by atoms with Gasteiger partial charge in [0.15, 0.2) is 5.69 Å². The van der Waals surface area contributed by atoms with E-state index in [1.165, 1.54) is 6.33 Å². The van der Waals surface area contributed by atoms with Gasteiger partial charge >= 0.3 is 11.7 Å². The molecule has 1 saturated heterocycles. The van der Waals surface area contributed by atoms with E-state index < -0.39 is 4.92 Å². The number of carbonyl (C=O) groups excluding carboxylic acids is 1. The molecule has 2 heterocycles. The molecular formula is C18H20N4O4. The van der Waals surface area contributed by atoms with Crippen LogP contribution in [0.2, 0.25) is 0 Å². The number of hydrogen-bond acceptors (Lipinski definition) is 7. The summed E-state index contributed by atoms with van der Waals surface area (Å²) in [5.74, 6) is -0.0684. The summed E-state index contributed by atoms with van der Waals surface area (Å²) >= 11 is 0. The summed E-state index contributed by atoms with van der Waals surface area (Å²) in [5.41, 5.74) is 0.866. The highest BCUT2D eigenvalue weighted by Gasteiger charge is 2.32. The zero-order chi connectivity index (χ0) is 18.5. The van der Waals surface area contributed by atoms with Crippen LogP contribution in [0.15, 0.2) is 36.7 Å². The number of esters is 1. The second kappa shape index (κ2) is 7.90. The molecule has 2 aromatic rings. The number of nitrogens with zero attached hydrogens (tertiary/aromatic N) is 4. The standard InChI is InChI=1S/C18H20N4O4/c1-2-26-18(23)14-8-10-21(11-9-14)17-16(22(24)25)15(19-12-20-17)13-6-4-3-5-7-13/h3-7,12,14H,2,8-11H2,1H3. The molecule has 8 nitrogen and oxygen atoms in total. The molecule has 0 unspecified atom stereocenters. The van der Waals surface area contributed by atoms with Crippen molar-refractivity contribution in [2.24, 2.45) is 5.92 Å². The van der Waals surface area contributed by atoms with Crippen LogP contribution in [-0.4, -0.2) is 40.6 Å². The topological polar surface area (TPSA) is 98.5 Å². The van der Waals surface area contributed by atoms with Crippen LogP contribution in [0.1, 0.15) is 19.8 Å². The second-order valence-corrected chi connectivity index (χ2v) is 6.03. The SMILES string of the molecule is CCOC(=O)C1CCN(c2ncnc(-c3ccccc3)c2[N+](=O)[O-])CC1. The molecule has 0 N–H and O–H groups in total. The molecular weight excluding hydrogens is 336 g/mol. The number of carbonyl (C=O) groups is 1. The Hall–Kier alpha value is -3.03. The molecule has 1 aliphatic heterocycles. The molecule has 1 aromatic heterocycles. The van der Waals surface area contributed by atoms with Gasteiger partial charge in [-0.2, -0.15) is 0 Å². The second-order valence-electron chi connectivity index (χ2n) is 6.03. The lowest BCUT2D eigenvalue weighted by molar-refractivity contribution is -0.383. The van der Waals surface area contributed by atoms with E-state index in [-0.39, 0.29) is 17.6 Å². The molecule has 0 spiro atoms. The fraction of sp³-hybridized carbons (Fsp3) is 0.389. The van der Waals surface area contributed by atoms with Gasteiger partial charge in [0, 0.05) is 18.7 Å². The number of aromatic nitrogens is 2.